The Kier molecular flexibility index (Phi) is 5.67. The summed E-state index contributed by atoms with van der Waals surface area (Å²) in [6.45, 7) is 4.69. The molecule has 3 heteroatoms. The van der Waals surface area contributed by atoms with Gasteiger partial charge in [0.1, 0.15) is 0 Å². The summed E-state index contributed by atoms with van der Waals surface area (Å²) in [5.41, 5.74) is 3.27. The molecular formula is C22H27NO2. The normalized spacial score (nSPS) is 17.4. The summed E-state index contributed by atoms with van der Waals surface area (Å²) in [7, 11) is 0. The molecule has 2 aromatic carbocycles. The van der Waals surface area contributed by atoms with Gasteiger partial charge < -0.3 is 5.11 Å². The molecule has 0 unspecified atom stereocenters. The highest BCUT2D eigenvalue weighted by Crippen LogP contribution is 2.35. The molecule has 0 aromatic heterocycles. The van der Waals surface area contributed by atoms with Crippen molar-refractivity contribution in [1.82, 2.24) is 4.90 Å². The lowest BCUT2D eigenvalue weighted by Gasteiger charge is -2.41. The minimum atomic E-state index is -0.000907. The van der Waals surface area contributed by atoms with Gasteiger partial charge >= 0.3 is 0 Å². The van der Waals surface area contributed by atoms with Crippen molar-refractivity contribution < 1.29 is 9.90 Å². The second-order valence-corrected chi connectivity index (χ2v) is 7.35. The van der Waals surface area contributed by atoms with Gasteiger partial charge in [-0.15, -0.1) is 0 Å². The Balaban J connectivity index is 1.60. The maximum absolute atomic E-state index is 11.5. The Bertz CT molecular complexity index is 703. The van der Waals surface area contributed by atoms with Crippen molar-refractivity contribution in [2.45, 2.75) is 32.7 Å². The second-order valence-electron chi connectivity index (χ2n) is 7.35. The minimum Gasteiger partial charge on any atom is -0.396 e. The highest BCUT2D eigenvalue weighted by molar-refractivity contribution is 5.94. The zero-order chi connectivity index (χ0) is 17.7. The van der Waals surface area contributed by atoms with Crippen molar-refractivity contribution >= 4 is 5.78 Å². The molecule has 25 heavy (non-hydrogen) atoms. The van der Waals surface area contributed by atoms with Crippen molar-refractivity contribution in [3.63, 3.8) is 0 Å². The van der Waals surface area contributed by atoms with Gasteiger partial charge in [0.25, 0.3) is 0 Å². The van der Waals surface area contributed by atoms with Crippen LogP contribution in [0.5, 0.6) is 0 Å². The maximum Gasteiger partial charge on any atom is 0.159 e. The first-order chi connectivity index (χ1) is 12.1. The molecule has 0 saturated carbocycles. The fraction of sp³-hybridized carbons (Fsp3) is 0.409. The van der Waals surface area contributed by atoms with Crippen LogP contribution >= 0.6 is 0 Å². The van der Waals surface area contributed by atoms with Gasteiger partial charge in [-0.1, -0.05) is 48.5 Å². The number of ketones is 1. The van der Waals surface area contributed by atoms with Gasteiger partial charge in [0.05, 0.1) is 0 Å². The third-order valence-corrected chi connectivity index (χ3v) is 5.41. The van der Waals surface area contributed by atoms with E-state index < -0.39 is 0 Å². The predicted octanol–water partition coefficient (Wildman–Crippen LogP) is 3.71. The largest absolute Gasteiger partial charge is 0.396 e. The van der Waals surface area contributed by atoms with Crippen LogP contribution in [0.2, 0.25) is 0 Å². The number of carbonyl (C=O) groups excluding carboxylic acids is 1. The van der Waals surface area contributed by atoms with E-state index in [1.54, 1.807) is 6.92 Å². The van der Waals surface area contributed by atoms with Gasteiger partial charge in [0, 0.05) is 18.7 Å². The topological polar surface area (TPSA) is 40.5 Å². The highest BCUT2D eigenvalue weighted by Gasteiger charge is 2.34. The number of hydrogen-bond acceptors (Lipinski definition) is 3. The summed E-state index contributed by atoms with van der Waals surface area (Å²) in [6, 6.07) is 18.4. The zero-order valence-corrected chi connectivity index (χ0v) is 14.9. The first-order valence-electron chi connectivity index (χ1n) is 9.07. The van der Waals surface area contributed by atoms with E-state index in [0.29, 0.717) is 0 Å². The molecule has 1 N–H and O–H groups in total. The number of piperidine rings is 1. The number of benzene rings is 2. The number of Topliss-reactive ketones (excluding diaryl/α,β-unsaturated/α-hetero) is 1. The van der Waals surface area contributed by atoms with Crippen molar-refractivity contribution in [3.05, 3.63) is 71.3 Å². The molecule has 0 spiro atoms. The van der Waals surface area contributed by atoms with Crippen LogP contribution in [-0.2, 0) is 13.0 Å². The van der Waals surface area contributed by atoms with Gasteiger partial charge in [-0.05, 0) is 61.9 Å². The maximum atomic E-state index is 11.5. The van der Waals surface area contributed by atoms with Crippen molar-refractivity contribution in [2.75, 3.05) is 19.7 Å². The average molecular weight is 337 g/mol. The molecule has 1 aliphatic rings. The van der Waals surface area contributed by atoms with E-state index in [-0.39, 0.29) is 17.8 Å². The molecule has 3 rings (SSSR count). The number of aliphatic hydroxyl groups is 1. The number of likely N-dealkylation sites (tertiary alicyclic amines) is 1. The van der Waals surface area contributed by atoms with Gasteiger partial charge in [-0.3, -0.25) is 9.69 Å². The molecule has 1 aliphatic heterocycles. The number of nitrogens with zero attached hydrogens (tertiary/aromatic N) is 1. The van der Waals surface area contributed by atoms with Crippen LogP contribution in [0.3, 0.4) is 0 Å². The van der Waals surface area contributed by atoms with Crippen LogP contribution in [-0.4, -0.2) is 35.5 Å². The molecule has 0 amide bonds. The van der Waals surface area contributed by atoms with Gasteiger partial charge in [-0.25, -0.2) is 0 Å². The molecule has 0 aliphatic carbocycles. The van der Waals surface area contributed by atoms with E-state index in [1.807, 2.05) is 24.3 Å². The molecule has 0 bridgehead atoms. The van der Waals surface area contributed by atoms with Crippen LogP contribution in [0, 0.1) is 5.41 Å². The van der Waals surface area contributed by atoms with E-state index >= 15 is 0 Å². The standard InChI is InChI=1S/C22H27NO2/c1-18(25)21-9-5-8-20(14-21)16-23-12-10-22(17-24,11-13-23)15-19-6-3-2-4-7-19/h2-9,14,24H,10-13,15-17H2,1H3. The Morgan fingerprint density at radius 3 is 2.36 bits per heavy atom. The van der Waals surface area contributed by atoms with Crippen LogP contribution in [0.4, 0.5) is 0 Å². The Hall–Kier alpha value is -1.97. The Morgan fingerprint density at radius 2 is 1.72 bits per heavy atom. The highest BCUT2D eigenvalue weighted by atomic mass is 16.3. The molecule has 0 radical (unpaired) electrons. The van der Waals surface area contributed by atoms with Crippen molar-refractivity contribution in [1.29, 1.82) is 0 Å². The van der Waals surface area contributed by atoms with E-state index in [9.17, 15) is 9.90 Å². The second kappa shape index (κ2) is 7.94. The quantitative estimate of drug-likeness (QED) is 0.817. The Morgan fingerprint density at radius 1 is 1.04 bits per heavy atom. The third-order valence-electron chi connectivity index (χ3n) is 5.41. The summed E-state index contributed by atoms with van der Waals surface area (Å²) in [5, 5.41) is 10.0. The van der Waals surface area contributed by atoms with E-state index in [1.165, 1.54) is 11.1 Å². The third kappa shape index (κ3) is 4.56. The van der Waals surface area contributed by atoms with Gasteiger partial charge in [0.15, 0.2) is 5.78 Å². The lowest BCUT2D eigenvalue weighted by Crippen LogP contribution is -2.42. The molecular weight excluding hydrogens is 310 g/mol. The van der Waals surface area contributed by atoms with E-state index in [2.05, 4.69) is 35.2 Å². The molecule has 1 saturated heterocycles. The molecule has 132 valence electrons. The van der Waals surface area contributed by atoms with Crippen molar-refractivity contribution in [3.8, 4) is 0 Å². The molecule has 1 heterocycles. The monoisotopic (exact) mass is 337 g/mol. The van der Waals surface area contributed by atoms with E-state index in [0.717, 1.165) is 44.5 Å². The van der Waals surface area contributed by atoms with Crippen LogP contribution in [0.25, 0.3) is 0 Å². The van der Waals surface area contributed by atoms with Gasteiger partial charge in [0.2, 0.25) is 0 Å². The first kappa shape index (κ1) is 17.8. The van der Waals surface area contributed by atoms with Crippen LogP contribution < -0.4 is 0 Å². The molecule has 1 fully saturated rings. The fourth-order valence-electron chi connectivity index (χ4n) is 3.75. The van der Waals surface area contributed by atoms with E-state index in [4.69, 9.17) is 0 Å². The summed E-state index contributed by atoms with van der Waals surface area (Å²) in [4.78, 5) is 14.0. The van der Waals surface area contributed by atoms with Crippen LogP contribution in [0.15, 0.2) is 54.6 Å². The Labute approximate surface area is 150 Å². The molecule has 2 aromatic rings. The van der Waals surface area contributed by atoms with Crippen molar-refractivity contribution in [2.24, 2.45) is 5.41 Å². The lowest BCUT2D eigenvalue weighted by atomic mass is 9.74. The average Bonchev–Trinajstić information content (AvgIpc) is 2.64. The SMILES string of the molecule is CC(=O)c1cccc(CN2CCC(CO)(Cc3ccccc3)CC2)c1. The number of hydrogen-bond donors (Lipinski definition) is 1. The molecule has 3 nitrogen and oxygen atoms in total. The smallest absolute Gasteiger partial charge is 0.159 e. The fourth-order valence-corrected chi connectivity index (χ4v) is 3.75. The zero-order valence-electron chi connectivity index (χ0n) is 14.9. The number of carbonyl (C=O) groups is 1. The number of aliphatic hydroxyl groups excluding tert-OH is 1. The summed E-state index contributed by atoms with van der Waals surface area (Å²) in [6.07, 6.45) is 2.95. The minimum absolute atomic E-state index is 0.000907. The summed E-state index contributed by atoms with van der Waals surface area (Å²) < 4.78 is 0. The number of rotatable bonds is 6. The van der Waals surface area contributed by atoms with Gasteiger partial charge in [-0.2, -0.15) is 0 Å². The molecule has 0 atom stereocenters. The summed E-state index contributed by atoms with van der Waals surface area (Å²) in [5.74, 6) is 0.114. The summed E-state index contributed by atoms with van der Waals surface area (Å²) >= 11 is 0. The first-order valence-corrected chi connectivity index (χ1v) is 9.07. The van der Waals surface area contributed by atoms with Crippen LogP contribution in [0.1, 0.15) is 41.3 Å². The predicted molar refractivity (Wildman–Crippen MR) is 101 cm³/mol. The lowest BCUT2D eigenvalue weighted by molar-refractivity contribution is 0.0413.